The molecular formula is C25H24FN3O4. The molecule has 0 aliphatic rings. The molecule has 7 nitrogen and oxygen atoms in total. The third kappa shape index (κ3) is 4.25. The summed E-state index contributed by atoms with van der Waals surface area (Å²) in [6, 6.07) is 14.1. The van der Waals surface area contributed by atoms with E-state index in [-0.39, 0.29) is 5.82 Å². The van der Waals surface area contributed by atoms with Crippen molar-refractivity contribution in [1.29, 1.82) is 0 Å². The van der Waals surface area contributed by atoms with Gasteiger partial charge in [-0.1, -0.05) is 25.1 Å². The van der Waals surface area contributed by atoms with Crippen molar-refractivity contribution in [1.82, 2.24) is 14.9 Å². The number of carbonyl (C=O) groups is 1. The molecule has 33 heavy (non-hydrogen) atoms. The van der Waals surface area contributed by atoms with E-state index in [9.17, 15) is 24.2 Å². The van der Waals surface area contributed by atoms with E-state index >= 15 is 0 Å². The van der Waals surface area contributed by atoms with Crippen LogP contribution in [0.1, 0.15) is 34.1 Å². The quantitative estimate of drug-likeness (QED) is 0.342. The number of rotatable bonds is 7. The number of carboxylic acid groups (broad SMARTS) is 1. The number of aromatic hydroxyl groups is 1. The van der Waals surface area contributed by atoms with Gasteiger partial charge in [-0.2, -0.15) is 0 Å². The highest BCUT2D eigenvalue weighted by atomic mass is 19.1. The molecule has 4 rings (SSSR count). The summed E-state index contributed by atoms with van der Waals surface area (Å²) in [6.07, 6.45) is 0.351. The van der Waals surface area contributed by atoms with Gasteiger partial charge in [0.15, 0.2) is 5.56 Å². The Morgan fingerprint density at radius 1 is 1.12 bits per heavy atom. The fourth-order valence-corrected chi connectivity index (χ4v) is 4.09. The highest BCUT2D eigenvalue weighted by Crippen LogP contribution is 2.32. The molecule has 0 unspecified atom stereocenters. The van der Waals surface area contributed by atoms with Gasteiger partial charge in [-0.15, -0.1) is 0 Å². The predicted molar refractivity (Wildman–Crippen MR) is 124 cm³/mol. The molecule has 0 saturated heterocycles. The molecule has 2 heterocycles. The predicted octanol–water partition coefficient (Wildman–Crippen LogP) is 3.93. The van der Waals surface area contributed by atoms with Crippen LogP contribution in [0.5, 0.6) is 5.75 Å². The first-order valence-electron chi connectivity index (χ1n) is 10.6. The number of nitrogens with one attached hydrogen (secondary N) is 2. The first-order chi connectivity index (χ1) is 15.8. The number of pyridine rings is 1. The average molecular weight is 449 g/mol. The van der Waals surface area contributed by atoms with Crippen LogP contribution in [0.25, 0.3) is 22.2 Å². The zero-order chi connectivity index (χ0) is 23.7. The number of aryl methyl sites for hydroxylation is 1. The molecular weight excluding hydrogens is 425 g/mol. The van der Waals surface area contributed by atoms with Crippen molar-refractivity contribution in [3.63, 3.8) is 0 Å². The lowest BCUT2D eigenvalue weighted by atomic mass is 9.99. The van der Waals surface area contributed by atoms with Gasteiger partial charge in [0.05, 0.1) is 5.69 Å². The molecule has 0 aliphatic carbocycles. The molecule has 4 N–H and O–H groups in total. The number of aromatic nitrogens is 2. The summed E-state index contributed by atoms with van der Waals surface area (Å²) in [5.74, 6) is -2.23. The van der Waals surface area contributed by atoms with E-state index in [1.807, 2.05) is 31.3 Å². The van der Waals surface area contributed by atoms with Crippen LogP contribution >= 0.6 is 0 Å². The van der Waals surface area contributed by atoms with Gasteiger partial charge in [-0.05, 0) is 47.9 Å². The summed E-state index contributed by atoms with van der Waals surface area (Å²) >= 11 is 0. The van der Waals surface area contributed by atoms with Gasteiger partial charge in [0.1, 0.15) is 11.6 Å². The first kappa shape index (κ1) is 22.3. The molecule has 170 valence electrons. The van der Waals surface area contributed by atoms with E-state index in [1.165, 1.54) is 12.1 Å². The van der Waals surface area contributed by atoms with Gasteiger partial charge >= 0.3 is 5.97 Å². The van der Waals surface area contributed by atoms with Gasteiger partial charge in [-0.25, -0.2) is 9.18 Å². The number of fused-ring (bicyclic) bond motifs is 1. The minimum Gasteiger partial charge on any atom is -0.506 e. The Bertz CT molecular complexity index is 1400. The van der Waals surface area contributed by atoms with Crippen molar-refractivity contribution < 1.29 is 19.4 Å². The summed E-state index contributed by atoms with van der Waals surface area (Å²) in [5.41, 5.74) is 2.99. The van der Waals surface area contributed by atoms with Gasteiger partial charge in [0.2, 0.25) is 0 Å². The largest absolute Gasteiger partial charge is 0.506 e. The van der Waals surface area contributed by atoms with E-state index < -0.39 is 22.8 Å². The van der Waals surface area contributed by atoms with Gasteiger partial charge < -0.3 is 25.1 Å². The van der Waals surface area contributed by atoms with E-state index in [4.69, 9.17) is 0 Å². The Morgan fingerprint density at radius 2 is 1.85 bits per heavy atom. The lowest BCUT2D eigenvalue weighted by Crippen LogP contribution is -2.20. The number of halogens is 1. The van der Waals surface area contributed by atoms with E-state index in [0.717, 1.165) is 22.2 Å². The molecule has 2 aromatic carbocycles. The first-order valence-corrected chi connectivity index (χ1v) is 10.6. The topological polar surface area (TPSA) is 107 Å². The monoisotopic (exact) mass is 449 g/mol. The number of aromatic carboxylic acids is 1. The number of hydrogen-bond acceptors (Lipinski definition) is 4. The van der Waals surface area contributed by atoms with Crippen LogP contribution in [0, 0.1) is 5.82 Å². The second-order valence-electron chi connectivity index (χ2n) is 7.89. The standard InChI is InChI=1S/C25H24FN3O4/c1-3-19-22(28-24(31)21(23(19)30)25(32)33)15-6-9-20-16(10-15)11-18(29(20)2)13-27-12-14-4-7-17(26)8-5-14/h4-11,27H,3,12-13H2,1-2H3,(H,32,33)(H2,28,30,31). The molecule has 0 amide bonds. The Balaban J connectivity index is 1.65. The maximum atomic E-state index is 13.1. The van der Waals surface area contributed by atoms with E-state index in [2.05, 4.69) is 14.9 Å². The minimum absolute atomic E-state index is 0.262. The summed E-state index contributed by atoms with van der Waals surface area (Å²) in [7, 11) is 1.96. The van der Waals surface area contributed by atoms with Crippen LogP contribution in [-0.2, 0) is 26.6 Å². The summed E-state index contributed by atoms with van der Waals surface area (Å²) in [6.45, 7) is 2.99. The van der Waals surface area contributed by atoms with Crippen LogP contribution in [0.4, 0.5) is 4.39 Å². The van der Waals surface area contributed by atoms with E-state index in [0.29, 0.717) is 36.3 Å². The Hall–Kier alpha value is -3.91. The molecule has 0 bridgehead atoms. The second-order valence-corrected chi connectivity index (χ2v) is 7.89. The highest BCUT2D eigenvalue weighted by molar-refractivity contribution is 5.92. The summed E-state index contributed by atoms with van der Waals surface area (Å²) in [5, 5.41) is 24.0. The lowest BCUT2D eigenvalue weighted by molar-refractivity contribution is 0.0691. The fourth-order valence-electron chi connectivity index (χ4n) is 4.09. The van der Waals surface area contributed by atoms with Crippen molar-refractivity contribution >= 4 is 16.9 Å². The number of H-pyrrole nitrogens is 1. The SMILES string of the molecule is CCc1c(-c2ccc3c(c2)cc(CNCc2ccc(F)cc2)n3C)[nH]c(=O)c(C(=O)O)c1O. The average Bonchev–Trinajstić information content (AvgIpc) is 3.09. The minimum atomic E-state index is -1.47. The van der Waals surface area contributed by atoms with Crippen molar-refractivity contribution in [2.24, 2.45) is 7.05 Å². The summed E-state index contributed by atoms with van der Waals surface area (Å²) in [4.78, 5) is 26.3. The smallest absolute Gasteiger partial charge is 0.345 e. The number of carboxylic acids is 1. The molecule has 0 radical (unpaired) electrons. The number of aromatic amines is 1. The molecule has 0 aliphatic heterocycles. The molecule has 4 aromatic rings. The van der Waals surface area contributed by atoms with Crippen LogP contribution in [0.3, 0.4) is 0 Å². The van der Waals surface area contributed by atoms with Crippen LogP contribution < -0.4 is 10.9 Å². The molecule has 2 aromatic heterocycles. The van der Waals surface area contributed by atoms with Crippen molar-refractivity contribution in [3.05, 3.63) is 87.1 Å². The van der Waals surface area contributed by atoms with Crippen LogP contribution in [0.2, 0.25) is 0 Å². The number of nitrogens with zero attached hydrogens (tertiary/aromatic N) is 1. The maximum absolute atomic E-state index is 13.1. The Morgan fingerprint density at radius 3 is 2.52 bits per heavy atom. The van der Waals surface area contributed by atoms with Crippen LogP contribution in [0.15, 0.2) is 53.3 Å². The second kappa shape index (κ2) is 8.91. The zero-order valence-corrected chi connectivity index (χ0v) is 18.3. The Kier molecular flexibility index (Phi) is 6.02. The van der Waals surface area contributed by atoms with Crippen molar-refractivity contribution in [2.45, 2.75) is 26.4 Å². The third-order valence-electron chi connectivity index (χ3n) is 5.84. The van der Waals surface area contributed by atoms with Gasteiger partial charge in [0, 0.05) is 42.3 Å². The molecule has 0 spiro atoms. The van der Waals surface area contributed by atoms with Crippen LogP contribution in [-0.4, -0.2) is 25.7 Å². The third-order valence-corrected chi connectivity index (χ3v) is 5.84. The fraction of sp³-hybridized carbons (Fsp3) is 0.200. The summed E-state index contributed by atoms with van der Waals surface area (Å²) < 4.78 is 15.1. The van der Waals surface area contributed by atoms with Crippen molar-refractivity contribution in [3.8, 4) is 17.0 Å². The molecule has 8 heteroatoms. The maximum Gasteiger partial charge on any atom is 0.345 e. The van der Waals surface area contributed by atoms with Crippen molar-refractivity contribution in [2.75, 3.05) is 0 Å². The molecule has 0 saturated carbocycles. The van der Waals surface area contributed by atoms with E-state index in [1.54, 1.807) is 19.1 Å². The number of hydrogen-bond donors (Lipinski definition) is 4. The highest BCUT2D eigenvalue weighted by Gasteiger charge is 2.22. The molecule has 0 fully saturated rings. The Labute approximate surface area is 189 Å². The van der Waals surface area contributed by atoms with Gasteiger partial charge in [0.25, 0.3) is 5.56 Å². The molecule has 0 atom stereocenters. The normalized spacial score (nSPS) is 11.2. The van der Waals surface area contributed by atoms with Gasteiger partial charge in [-0.3, -0.25) is 4.79 Å². The lowest BCUT2D eigenvalue weighted by Gasteiger charge is -2.12. The number of benzene rings is 2. The zero-order valence-electron chi connectivity index (χ0n) is 18.3.